The highest BCUT2D eigenvalue weighted by molar-refractivity contribution is 5.77. The molecule has 1 fully saturated rings. The summed E-state index contributed by atoms with van der Waals surface area (Å²) >= 11 is 0. The molecule has 142 valence electrons. The third kappa shape index (κ3) is 4.06. The van der Waals surface area contributed by atoms with Crippen LogP contribution in [-0.4, -0.2) is 40.5 Å². The summed E-state index contributed by atoms with van der Waals surface area (Å²) in [4.78, 5) is 14.1. The van der Waals surface area contributed by atoms with Gasteiger partial charge in [-0.15, -0.1) is 0 Å². The fourth-order valence-electron chi connectivity index (χ4n) is 3.58. The van der Waals surface area contributed by atoms with Crippen LogP contribution in [0.3, 0.4) is 0 Å². The van der Waals surface area contributed by atoms with Crippen LogP contribution in [0.25, 0.3) is 5.57 Å². The van der Waals surface area contributed by atoms with E-state index in [1.165, 1.54) is 6.42 Å². The average Bonchev–Trinajstić information content (AvgIpc) is 3.34. The van der Waals surface area contributed by atoms with Crippen LogP contribution in [-0.2, 0) is 16.1 Å². The van der Waals surface area contributed by atoms with E-state index in [0.717, 1.165) is 41.8 Å². The van der Waals surface area contributed by atoms with E-state index in [2.05, 4.69) is 17.4 Å². The second-order valence-electron chi connectivity index (χ2n) is 7.08. The van der Waals surface area contributed by atoms with Gasteiger partial charge in [-0.3, -0.25) is 0 Å². The van der Waals surface area contributed by atoms with Gasteiger partial charge in [-0.05, 0) is 37.3 Å². The van der Waals surface area contributed by atoms with Crippen LogP contribution < -0.4 is 0 Å². The molecule has 0 bridgehead atoms. The van der Waals surface area contributed by atoms with Crippen LogP contribution in [0.4, 0.5) is 4.79 Å². The largest absolute Gasteiger partial charge is 0.445 e. The van der Waals surface area contributed by atoms with Gasteiger partial charge >= 0.3 is 6.09 Å². The maximum atomic E-state index is 12.4. The van der Waals surface area contributed by atoms with Gasteiger partial charge in [0.2, 0.25) is 0 Å². The number of rotatable bonds is 4. The molecule has 0 aliphatic carbocycles. The number of ether oxygens (including phenoxy) is 2. The van der Waals surface area contributed by atoms with E-state index >= 15 is 0 Å². The summed E-state index contributed by atoms with van der Waals surface area (Å²) in [6.45, 7) is 4.20. The summed E-state index contributed by atoms with van der Waals surface area (Å²) in [5, 5.41) is 4.64. The molecule has 2 aromatic rings. The summed E-state index contributed by atoms with van der Waals surface area (Å²) in [6, 6.07) is 9.73. The maximum Gasteiger partial charge on any atom is 0.410 e. The number of benzene rings is 1. The smallest absolute Gasteiger partial charge is 0.410 e. The molecule has 1 unspecified atom stereocenters. The van der Waals surface area contributed by atoms with Crippen molar-refractivity contribution in [2.75, 3.05) is 19.7 Å². The standard InChI is InChI=1S/C21H25N3O3/c1-16-19(14-24(22-16)20-9-5-6-12-26-20)18-10-11-23(13-18)21(25)27-15-17-7-3-2-4-8-17/h2-4,7-8,10,14,20H,5-6,9,11-13,15H2,1H3. The number of aryl methyl sites for hydroxylation is 1. The number of nitrogens with zero attached hydrogens (tertiary/aromatic N) is 3. The fraction of sp³-hybridized carbons (Fsp3) is 0.429. The SMILES string of the molecule is Cc1nn(C2CCCCO2)cc1C1=CCN(C(=O)OCc2ccccc2)C1. The third-order valence-corrected chi connectivity index (χ3v) is 5.10. The molecule has 0 spiro atoms. The van der Waals surface area contributed by atoms with Gasteiger partial charge in [-0.2, -0.15) is 5.10 Å². The summed E-state index contributed by atoms with van der Waals surface area (Å²) in [6.07, 6.45) is 7.16. The molecule has 6 nitrogen and oxygen atoms in total. The summed E-state index contributed by atoms with van der Waals surface area (Å²) in [5.41, 5.74) is 4.16. The maximum absolute atomic E-state index is 12.4. The van der Waals surface area contributed by atoms with Crippen molar-refractivity contribution >= 4 is 11.7 Å². The van der Waals surface area contributed by atoms with E-state index in [1.54, 1.807) is 4.90 Å². The predicted octanol–water partition coefficient (Wildman–Crippen LogP) is 3.93. The van der Waals surface area contributed by atoms with E-state index in [9.17, 15) is 4.79 Å². The zero-order chi connectivity index (χ0) is 18.6. The average molecular weight is 367 g/mol. The number of carbonyl (C=O) groups is 1. The lowest BCUT2D eigenvalue weighted by molar-refractivity contribution is -0.0396. The third-order valence-electron chi connectivity index (χ3n) is 5.10. The minimum absolute atomic E-state index is 0.0279. The minimum atomic E-state index is -0.286. The van der Waals surface area contributed by atoms with E-state index in [0.29, 0.717) is 19.7 Å². The number of hydrogen-bond acceptors (Lipinski definition) is 4. The highest BCUT2D eigenvalue weighted by Crippen LogP contribution is 2.28. The molecule has 1 atom stereocenters. The molecular formula is C21H25N3O3. The number of hydrogen-bond donors (Lipinski definition) is 0. The van der Waals surface area contributed by atoms with E-state index in [-0.39, 0.29) is 12.3 Å². The van der Waals surface area contributed by atoms with Crippen LogP contribution in [0, 0.1) is 6.92 Å². The normalized spacial score (nSPS) is 19.8. The first-order chi connectivity index (χ1) is 13.2. The highest BCUT2D eigenvalue weighted by Gasteiger charge is 2.25. The lowest BCUT2D eigenvalue weighted by Gasteiger charge is -2.22. The zero-order valence-electron chi connectivity index (χ0n) is 15.6. The van der Waals surface area contributed by atoms with Crippen LogP contribution in [0.15, 0.2) is 42.6 Å². The van der Waals surface area contributed by atoms with Crippen molar-refractivity contribution in [3.8, 4) is 0 Å². The first kappa shape index (κ1) is 17.8. The Morgan fingerprint density at radius 2 is 2.15 bits per heavy atom. The Morgan fingerprint density at radius 3 is 2.93 bits per heavy atom. The molecule has 1 amide bonds. The van der Waals surface area contributed by atoms with Crippen LogP contribution in [0.5, 0.6) is 0 Å². The first-order valence-corrected chi connectivity index (χ1v) is 9.53. The Bertz CT molecular complexity index is 822. The fourth-order valence-corrected chi connectivity index (χ4v) is 3.58. The molecule has 0 radical (unpaired) electrons. The number of amides is 1. The lowest BCUT2D eigenvalue weighted by atomic mass is 10.1. The molecule has 4 rings (SSSR count). The molecule has 3 heterocycles. The van der Waals surface area contributed by atoms with Crippen LogP contribution >= 0.6 is 0 Å². The number of carbonyl (C=O) groups excluding carboxylic acids is 1. The molecule has 1 aromatic heterocycles. The quantitative estimate of drug-likeness (QED) is 0.822. The molecular weight excluding hydrogens is 342 g/mol. The van der Waals surface area contributed by atoms with E-state index in [1.807, 2.05) is 41.9 Å². The monoisotopic (exact) mass is 367 g/mol. The van der Waals surface area contributed by atoms with Gasteiger partial charge in [0.1, 0.15) is 12.8 Å². The number of aromatic nitrogens is 2. The van der Waals surface area contributed by atoms with Gasteiger partial charge in [0, 0.05) is 31.5 Å². The molecule has 2 aliphatic rings. The van der Waals surface area contributed by atoms with E-state index < -0.39 is 0 Å². The van der Waals surface area contributed by atoms with Crippen LogP contribution in [0.1, 0.15) is 42.3 Å². The van der Waals surface area contributed by atoms with Gasteiger partial charge in [-0.25, -0.2) is 9.48 Å². The Kier molecular flexibility index (Phi) is 5.25. The highest BCUT2D eigenvalue weighted by atomic mass is 16.6. The van der Waals surface area contributed by atoms with Crippen molar-refractivity contribution in [2.24, 2.45) is 0 Å². The molecule has 1 saturated heterocycles. The van der Waals surface area contributed by atoms with Crippen molar-refractivity contribution in [1.82, 2.24) is 14.7 Å². The molecule has 0 saturated carbocycles. The zero-order valence-corrected chi connectivity index (χ0v) is 15.6. The van der Waals surface area contributed by atoms with E-state index in [4.69, 9.17) is 9.47 Å². The molecule has 1 aromatic carbocycles. The van der Waals surface area contributed by atoms with Crippen molar-refractivity contribution < 1.29 is 14.3 Å². The predicted molar refractivity (Wildman–Crippen MR) is 102 cm³/mol. The summed E-state index contributed by atoms with van der Waals surface area (Å²) in [7, 11) is 0. The lowest BCUT2D eigenvalue weighted by Crippen LogP contribution is -2.29. The van der Waals surface area contributed by atoms with Crippen molar-refractivity contribution in [3.63, 3.8) is 0 Å². The molecule has 2 aliphatic heterocycles. The van der Waals surface area contributed by atoms with Gasteiger partial charge in [0.15, 0.2) is 0 Å². The Balaban J connectivity index is 1.36. The Labute approximate surface area is 159 Å². The van der Waals surface area contributed by atoms with Gasteiger partial charge in [0.25, 0.3) is 0 Å². The van der Waals surface area contributed by atoms with Gasteiger partial charge < -0.3 is 14.4 Å². The topological polar surface area (TPSA) is 56.6 Å². The second kappa shape index (κ2) is 7.96. The molecule has 27 heavy (non-hydrogen) atoms. The summed E-state index contributed by atoms with van der Waals surface area (Å²) in [5.74, 6) is 0. The van der Waals surface area contributed by atoms with Crippen molar-refractivity contribution in [3.05, 3.63) is 59.4 Å². The van der Waals surface area contributed by atoms with Crippen molar-refractivity contribution in [2.45, 2.75) is 39.0 Å². The second-order valence-corrected chi connectivity index (χ2v) is 7.08. The van der Waals surface area contributed by atoms with Crippen molar-refractivity contribution in [1.29, 1.82) is 0 Å². The Morgan fingerprint density at radius 1 is 1.30 bits per heavy atom. The van der Waals surface area contributed by atoms with Gasteiger partial charge in [-0.1, -0.05) is 36.4 Å². The van der Waals surface area contributed by atoms with Gasteiger partial charge in [0.05, 0.1) is 5.69 Å². The Hall–Kier alpha value is -2.60. The molecule has 0 N–H and O–H groups in total. The first-order valence-electron chi connectivity index (χ1n) is 9.53. The molecule has 6 heteroatoms. The van der Waals surface area contributed by atoms with Crippen LogP contribution in [0.2, 0.25) is 0 Å². The minimum Gasteiger partial charge on any atom is -0.445 e. The summed E-state index contributed by atoms with van der Waals surface area (Å²) < 4.78 is 13.2.